The lowest BCUT2D eigenvalue weighted by Crippen LogP contribution is -2.28. The molecule has 0 heterocycles. The van der Waals surface area contributed by atoms with Gasteiger partial charge in [0.2, 0.25) is 0 Å². The van der Waals surface area contributed by atoms with E-state index in [-0.39, 0.29) is 5.91 Å². The molecule has 1 N–H and O–H groups in total. The normalized spacial score (nSPS) is 10.3. The van der Waals surface area contributed by atoms with Crippen molar-refractivity contribution in [2.75, 3.05) is 27.4 Å². The first-order chi connectivity index (χ1) is 12.0. The van der Waals surface area contributed by atoms with Crippen LogP contribution < -0.4 is 19.5 Å². The number of nitrogens with one attached hydrogen (secondary N) is 1. The first-order valence-corrected chi connectivity index (χ1v) is 8.17. The molecule has 0 aliphatic heterocycles. The van der Waals surface area contributed by atoms with Crippen molar-refractivity contribution in [2.45, 2.75) is 20.8 Å². The number of ether oxygens (including phenoxy) is 3. The zero-order valence-corrected chi connectivity index (χ0v) is 15.4. The Kier molecular flexibility index (Phi) is 6.28. The molecule has 1 amide bonds. The maximum absolute atomic E-state index is 12.2. The number of amides is 1. The molecule has 0 aromatic heterocycles. The minimum atomic E-state index is -0.179. The van der Waals surface area contributed by atoms with Crippen molar-refractivity contribution in [2.24, 2.45) is 0 Å². The maximum Gasteiger partial charge on any atom is 0.251 e. The van der Waals surface area contributed by atoms with Crippen LogP contribution in [0.25, 0.3) is 0 Å². The van der Waals surface area contributed by atoms with Gasteiger partial charge in [-0.2, -0.15) is 0 Å². The molecule has 25 heavy (non-hydrogen) atoms. The molecule has 5 nitrogen and oxygen atoms in total. The van der Waals surface area contributed by atoms with Gasteiger partial charge in [0.25, 0.3) is 5.91 Å². The van der Waals surface area contributed by atoms with Crippen molar-refractivity contribution in [1.29, 1.82) is 0 Å². The Morgan fingerprint density at radius 2 is 1.60 bits per heavy atom. The smallest absolute Gasteiger partial charge is 0.251 e. The highest BCUT2D eigenvalue weighted by molar-refractivity contribution is 5.94. The standard InChI is InChI=1S/C20H25NO4/c1-13-10-14(2)19(15(3)11-13)25-9-8-21-20(22)16-6-7-17(23-4)18(12-16)24-5/h6-7,10-12H,8-9H2,1-5H3,(H,21,22). The van der Waals surface area contributed by atoms with Crippen molar-refractivity contribution in [1.82, 2.24) is 5.32 Å². The molecular formula is C20H25NO4. The number of methoxy groups -OCH3 is 2. The quantitative estimate of drug-likeness (QED) is 0.783. The third-order valence-electron chi connectivity index (χ3n) is 3.88. The van der Waals surface area contributed by atoms with Crippen LogP contribution in [-0.2, 0) is 0 Å². The molecule has 0 aliphatic rings. The largest absolute Gasteiger partial charge is 0.493 e. The lowest BCUT2D eigenvalue weighted by molar-refractivity contribution is 0.0946. The number of hydrogen-bond acceptors (Lipinski definition) is 4. The second kappa shape index (κ2) is 8.42. The van der Waals surface area contributed by atoms with E-state index in [1.165, 1.54) is 5.56 Å². The van der Waals surface area contributed by atoms with Gasteiger partial charge in [-0.1, -0.05) is 17.7 Å². The number of rotatable bonds is 7. The molecule has 2 aromatic rings. The van der Waals surface area contributed by atoms with Crippen LogP contribution in [0.15, 0.2) is 30.3 Å². The van der Waals surface area contributed by atoms with Crippen LogP contribution in [-0.4, -0.2) is 33.3 Å². The Labute approximate surface area is 148 Å². The number of benzene rings is 2. The predicted molar refractivity (Wildman–Crippen MR) is 98.0 cm³/mol. The third kappa shape index (κ3) is 4.66. The highest BCUT2D eigenvalue weighted by atomic mass is 16.5. The maximum atomic E-state index is 12.2. The van der Waals surface area contributed by atoms with E-state index in [0.29, 0.717) is 30.2 Å². The lowest BCUT2D eigenvalue weighted by Gasteiger charge is -2.14. The second-order valence-corrected chi connectivity index (χ2v) is 5.90. The zero-order chi connectivity index (χ0) is 18.4. The van der Waals surface area contributed by atoms with Gasteiger partial charge in [0.1, 0.15) is 12.4 Å². The second-order valence-electron chi connectivity index (χ2n) is 5.90. The third-order valence-corrected chi connectivity index (χ3v) is 3.88. The van der Waals surface area contributed by atoms with E-state index >= 15 is 0 Å². The fraction of sp³-hybridized carbons (Fsp3) is 0.350. The Morgan fingerprint density at radius 1 is 0.960 bits per heavy atom. The molecule has 0 aliphatic carbocycles. The fourth-order valence-electron chi connectivity index (χ4n) is 2.79. The van der Waals surface area contributed by atoms with Crippen LogP contribution in [0, 0.1) is 20.8 Å². The van der Waals surface area contributed by atoms with Crippen LogP contribution in [0.4, 0.5) is 0 Å². The summed E-state index contributed by atoms with van der Waals surface area (Å²) >= 11 is 0. The number of carbonyl (C=O) groups excluding carboxylic acids is 1. The topological polar surface area (TPSA) is 56.8 Å². The summed E-state index contributed by atoms with van der Waals surface area (Å²) in [5, 5.41) is 2.85. The summed E-state index contributed by atoms with van der Waals surface area (Å²) in [7, 11) is 3.10. The van der Waals surface area contributed by atoms with E-state index < -0.39 is 0 Å². The monoisotopic (exact) mass is 343 g/mol. The molecular weight excluding hydrogens is 318 g/mol. The molecule has 0 fully saturated rings. The van der Waals surface area contributed by atoms with Gasteiger partial charge in [-0.3, -0.25) is 4.79 Å². The predicted octanol–water partition coefficient (Wildman–Crippen LogP) is 3.44. The first kappa shape index (κ1) is 18.6. The van der Waals surface area contributed by atoms with E-state index in [2.05, 4.69) is 24.4 Å². The van der Waals surface area contributed by atoms with E-state index in [4.69, 9.17) is 14.2 Å². The van der Waals surface area contributed by atoms with Gasteiger partial charge in [-0.15, -0.1) is 0 Å². The number of hydrogen-bond donors (Lipinski definition) is 1. The van der Waals surface area contributed by atoms with Gasteiger partial charge in [-0.05, 0) is 50.1 Å². The molecule has 0 saturated heterocycles. The first-order valence-electron chi connectivity index (χ1n) is 8.17. The van der Waals surface area contributed by atoms with Gasteiger partial charge >= 0.3 is 0 Å². The summed E-state index contributed by atoms with van der Waals surface area (Å²) in [4.78, 5) is 12.2. The molecule has 0 radical (unpaired) electrons. The highest BCUT2D eigenvalue weighted by Crippen LogP contribution is 2.27. The lowest BCUT2D eigenvalue weighted by atomic mass is 10.1. The van der Waals surface area contributed by atoms with Gasteiger partial charge in [-0.25, -0.2) is 0 Å². The molecule has 0 atom stereocenters. The summed E-state index contributed by atoms with van der Waals surface area (Å²) in [6, 6.07) is 9.24. The van der Waals surface area contributed by atoms with Gasteiger partial charge < -0.3 is 19.5 Å². The zero-order valence-electron chi connectivity index (χ0n) is 15.4. The Bertz CT molecular complexity index is 732. The molecule has 0 unspecified atom stereocenters. The summed E-state index contributed by atoms with van der Waals surface area (Å²) in [5.74, 6) is 1.82. The van der Waals surface area contributed by atoms with Crippen LogP contribution in [0.2, 0.25) is 0 Å². The average molecular weight is 343 g/mol. The van der Waals surface area contributed by atoms with E-state index in [0.717, 1.165) is 16.9 Å². The SMILES string of the molecule is COc1ccc(C(=O)NCCOc2c(C)cc(C)cc2C)cc1OC. The van der Waals surface area contributed by atoms with Crippen molar-refractivity contribution < 1.29 is 19.0 Å². The van der Waals surface area contributed by atoms with Crippen molar-refractivity contribution >= 4 is 5.91 Å². The van der Waals surface area contributed by atoms with Crippen molar-refractivity contribution in [3.63, 3.8) is 0 Å². The van der Waals surface area contributed by atoms with Crippen LogP contribution >= 0.6 is 0 Å². The summed E-state index contributed by atoms with van der Waals surface area (Å²) in [6.45, 7) is 6.94. The van der Waals surface area contributed by atoms with Crippen LogP contribution in [0.3, 0.4) is 0 Å². The van der Waals surface area contributed by atoms with Gasteiger partial charge in [0.15, 0.2) is 11.5 Å². The van der Waals surface area contributed by atoms with Gasteiger partial charge in [0, 0.05) is 5.56 Å². The summed E-state index contributed by atoms with van der Waals surface area (Å²) in [6.07, 6.45) is 0. The van der Waals surface area contributed by atoms with E-state index in [1.54, 1.807) is 32.4 Å². The molecule has 134 valence electrons. The van der Waals surface area contributed by atoms with E-state index in [9.17, 15) is 4.79 Å². The minimum absolute atomic E-state index is 0.179. The Morgan fingerprint density at radius 3 is 2.20 bits per heavy atom. The molecule has 2 aromatic carbocycles. The minimum Gasteiger partial charge on any atom is -0.493 e. The summed E-state index contributed by atoms with van der Waals surface area (Å²) < 4.78 is 16.2. The van der Waals surface area contributed by atoms with Gasteiger partial charge in [0.05, 0.1) is 20.8 Å². The molecule has 0 bridgehead atoms. The van der Waals surface area contributed by atoms with E-state index in [1.807, 2.05) is 13.8 Å². The number of aryl methyl sites for hydroxylation is 3. The van der Waals surface area contributed by atoms with Crippen molar-refractivity contribution in [3.05, 3.63) is 52.6 Å². The fourth-order valence-corrected chi connectivity index (χ4v) is 2.79. The Hall–Kier alpha value is -2.69. The molecule has 0 spiro atoms. The number of carbonyl (C=O) groups is 1. The summed E-state index contributed by atoms with van der Waals surface area (Å²) in [5.41, 5.74) is 3.93. The van der Waals surface area contributed by atoms with Crippen molar-refractivity contribution in [3.8, 4) is 17.2 Å². The molecule has 2 rings (SSSR count). The van der Waals surface area contributed by atoms with Crippen LogP contribution in [0.5, 0.6) is 17.2 Å². The highest BCUT2D eigenvalue weighted by Gasteiger charge is 2.11. The molecule has 0 saturated carbocycles. The van der Waals surface area contributed by atoms with Crippen LogP contribution in [0.1, 0.15) is 27.0 Å². The molecule has 5 heteroatoms. The average Bonchev–Trinajstić information content (AvgIpc) is 2.59. The Balaban J connectivity index is 1.91.